The van der Waals surface area contributed by atoms with Crippen LogP contribution in [0.15, 0.2) is 6.33 Å². The average molecular weight is 270 g/mol. The fourth-order valence-electron chi connectivity index (χ4n) is 2.88. The van der Waals surface area contributed by atoms with E-state index in [4.69, 9.17) is 0 Å². The van der Waals surface area contributed by atoms with Gasteiger partial charge in [0, 0.05) is 37.4 Å². The van der Waals surface area contributed by atoms with Crippen molar-refractivity contribution in [3.8, 4) is 0 Å². The van der Waals surface area contributed by atoms with Gasteiger partial charge >= 0.3 is 0 Å². The first kappa shape index (κ1) is 12.1. The number of hydrogen-bond acceptors (Lipinski definition) is 5. The van der Waals surface area contributed by atoms with Gasteiger partial charge in [0.05, 0.1) is 23.5 Å². The van der Waals surface area contributed by atoms with E-state index in [0.717, 1.165) is 31.0 Å². The minimum absolute atomic E-state index is 0.0861. The first-order valence-corrected chi connectivity index (χ1v) is 8.04. The lowest BCUT2D eigenvalue weighted by atomic mass is 10.1. The molecule has 7 heteroatoms. The third-order valence-electron chi connectivity index (χ3n) is 3.88. The molecule has 0 aliphatic carbocycles. The minimum Gasteiger partial charge on any atom is -0.348 e. The second-order valence-electron chi connectivity index (χ2n) is 5.15. The average Bonchev–Trinajstić information content (AvgIpc) is 2.82. The highest BCUT2D eigenvalue weighted by Crippen LogP contribution is 2.23. The summed E-state index contributed by atoms with van der Waals surface area (Å²) in [6, 6.07) is 0.183. The van der Waals surface area contributed by atoms with E-state index >= 15 is 0 Å². The number of aromatic nitrogens is 2. The van der Waals surface area contributed by atoms with Crippen LogP contribution in [-0.2, 0) is 16.4 Å². The number of nitrogens with zero attached hydrogens (tertiary/aromatic N) is 2. The summed E-state index contributed by atoms with van der Waals surface area (Å²) in [7, 11) is -2.88. The van der Waals surface area contributed by atoms with Gasteiger partial charge in [-0.3, -0.25) is 4.90 Å². The first-order valence-electron chi connectivity index (χ1n) is 6.22. The highest BCUT2D eigenvalue weighted by Gasteiger charge is 2.42. The van der Waals surface area contributed by atoms with E-state index in [-0.39, 0.29) is 23.6 Å². The summed E-state index contributed by atoms with van der Waals surface area (Å²) in [5, 5.41) is 3.31. The van der Waals surface area contributed by atoms with Crippen LogP contribution in [0.1, 0.15) is 11.4 Å². The fourth-order valence-corrected chi connectivity index (χ4v) is 4.87. The van der Waals surface area contributed by atoms with Crippen molar-refractivity contribution in [3.05, 3.63) is 17.7 Å². The maximum absolute atomic E-state index is 11.7. The third-order valence-corrected chi connectivity index (χ3v) is 5.60. The summed E-state index contributed by atoms with van der Waals surface area (Å²) < 4.78 is 23.4. The van der Waals surface area contributed by atoms with Crippen LogP contribution in [0.5, 0.6) is 0 Å². The molecule has 2 unspecified atom stereocenters. The van der Waals surface area contributed by atoms with Crippen LogP contribution in [0.25, 0.3) is 0 Å². The maximum atomic E-state index is 11.7. The topological polar surface area (TPSA) is 78.1 Å². The van der Waals surface area contributed by atoms with Crippen molar-refractivity contribution >= 4 is 9.84 Å². The Kier molecular flexibility index (Phi) is 2.91. The van der Waals surface area contributed by atoms with Crippen molar-refractivity contribution < 1.29 is 8.42 Å². The number of fused-ring (bicyclic) bond motifs is 1. The fraction of sp³-hybridized carbons (Fsp3) is 0.727. The van der Waals surface area contributed by atoms with Gasteiger partial charge in [0.1, 0.15) is 0 Å². The van der Waals surface area contributed by atoms with E-state index in [0.29, 0.717) is 0 Å². The molecule has 100 valence electrons. The Bertz CT molecular complexity index is 539. The molecule has 18 heavy (non-hydrogen) atoms. The molecule has 1 aromatic rings. The number of sulfone groups is 1. The summed E-state index contributed by atoms with van der Waals surface area (Å²) in [6.07, 6.45) is 1.69. The smallest absolute Gasteiger partial charge is 0.153 e. The molecule has 0 bridgehead atoms. The van der Waals surface area contributed by atoms with E-state index in [2.05, 4.69) is 20.2 Å². The maximum Gasteiger partial charge on any atom is 0.153 e. The molecule has 0 amide bonds. The zero-order valence-electron chi connectivity index (χ0n) is 10.4. The first-order chi connectivity index (χ1) is 8.55. The second kappa shape index (κ2) is 4.32. The number of aromatic amines is 1. The standard InChI is InChI=1S/C11H18N4O2S/c1-8-9(14-7-13-8)4-15-3-2-12-10-5-18(16,17)6-11(10)15/h7,10-12H,2-6H2,1H3,(H,13,14). The van der Waals surface area contributed by atoms with Crippen LogP contribution in [-0.4, -0.2) is 60.0 Å². The monoisotopic (exact) mass is 270 g/mol. The molecule has 2 atom stereocenters. The molecular formula is C11H18N4O2S. The molecule has 6 nitrogen and oxygen atoms in total. The number of H-pyrrole nitrogens is 1. The van der Waals surface area contributed by atoms with Crippen molar-refractivity contribution in [1.29, 1.82) is 0 Å². The highest BCUT2D eigenvalue weighted by molar-refractivity contribution is 7.91. The molecule has 0 aromatic carbocycles. The lowest BCUT2D eigenvalue weighted by Gasteiger charge is -2.37. The summed E-state index contributed by atoms with van der Waals surface area (Å²) in [5.74, 6) is 0.544. The number of nitrogens with one attached hydrogen (secondary N) is 2. The van der Waals surface area contributed by atoms with Gasteiger partial charge in [0.2, 0.25) is 0 Å². The quantitative estimate of drug-likeness (QED) is 0.742. The molecule has 0 saturated carbocycles. The predicted octanol–water partition coefficient (Wildman–Crippen LogP) is -0.711. The van der Waals surface area contributed by atoms with Gasteiger partial charge in [-0.1, -0.05) is 0 Å². The van der Waals surface area contributed by atoms with Crippen molar-refractivity contribution in [3.63, 3.8) is 0 Å². The molecule has 2 aliphatic heterocycles. The molecule has 1 aromatic heterocycles. The van der Waals surface area contributed by atoms with Crippen molar-refractivity contribution in [2.45, 2.75) is 25.6 Å². The normalized spacial score (nSPS) is 31.4. The predicted molar refractivity (Wildman–Crippen MR) is 68.0 cm³/mol. The van der Waals surface area contributed by atoms with Crippen LogP contribution < -0.4 is 5.32 Å². The highest BCUT2D eigenvalue weighted by atomic mass is 32.2. The minimum atomic E-state index is -2.88. The molecule has 0 spiro atoms. The Morgan fingerprint density at radius 2 is 2.33 bits per heavy atom. The van der Waals surface area contributed by atoms with E-state index in [9.17, 15) is 8.42 Å². The van der Waals surface area contributed by atoms with Crippen LogP contribution >= 0.6 is 0 Å². The SMILES string of the molecule is Cc1[nH]cnc1CN1CCNC2CS(=O)(=O)CC21. The van der Waals surface area contributed by atoms with Gasteiger partial charge in [0.15, 0.2) is 9.84 Å². The lowest BCUT2D eigenvalue weighted by molar-refractivity contribution is 0.139. The second-order valence-corrected chi connectivity index (χ2v) is 7.30. The van der Waals surface area contributed by atoms with E-state index in [1.807, 2.05) is 6.92 Å². The Morgan fingerprint density at radius 1 is 1.50 bits per heavy atom. The zero-order chi connectivity index (χ0) is 12.8. The number of aryl methyl sites for hydroxylation is 1. The summed E-state index contributed by atoms with van der Waals surface area (Å²) in [6.45, 7) is 4.45. The number of rotatable bonds is 2. The number of imidazole rings is 1. The molecule has 2 N–H and O–H groups in total. The van der Waals surface area contributed by atoms with Gasteiger partial charge in [-0.05, 0) is 6.92 Å². The number of piperazine rings is 1. The summed E-state index contributed by atoms with van der Waals surface area (Å²) in [4.78, 5) is 9.60. The van der Waals surface area contributed by atoms with E-state index < -0.39 is 9.84 Å². The van der Waals surface area contributed by atoms with Gasteiger partial charge in [0.25, 0.3) is 0 Å². The van der Waals surface area contributed by atoms with Crippen molar-refractivity contribution in [1.82, 2.24) is 20.2 Å². The Morgan fingerprint density at radius 3 is 3.06 bits per heavy atom. The molecule has 3 heterocycles. The number of hydrogen-bond donors (Lipinski definition) is 2. The van der Waals surface area contributed by atoms with Crippen LogP contribution in [0, 0.1) is 6.92 Å². The van der Waals surface area contributed by atoms with Gasteiger partial charge in [-0.25, -0.2) is 13.4 Å². The molecular weight excluding hydrogens is 252 g/mol. The Hall–Kier alpha value is -0.920. The molecule has 2 fully saturated rings. The van der Waals surface area contributed by atoms with Crippen LogP contribution in [0.2, 0.25) is 0 Å². The molecule has 3 rings (SSSR count). The lowest BCUT2D eigenvalue weighted by Crippen LogP contribution is -2.56. The van der Waals surface area contributed by atoms with Gasteiger partial charge in [-0.2, -0.15) is 0 Å². The third kappa shape index (κ3) is 2.17. The van der Waals surface area contributed by atoms with Crippen molar-refractivity contribution in [2.24, 2.45) is 0 Å². The summed E-state index contributed by atoms with van der Waals surface area (Å²) in [5.41, 5.74) is 2.07. The Labute approximate surface area is 107 Å². The zero-order valence-corrected chi connectivity index (χ0v) is 11.2. The molecule has 2 saturated heterocycles. The van der Waals surface area contributed by atoms with Gasteiger partial charge in [-0.15, -0.1) is 0 Å². The van der Waals surface area contributed by atoms with Gasteiger partial charge < -0.3 is 10.3 Å². The van der Waals surface area contributed by atoms with Crippen LogP contribution in [0.3, 0.4) is 0 Å². The molecule has 2 aliphatic rings. The van der Waals surface area contributed by atoms with Crippen LogP contribution in [0.4, 0.5) is 0 Å². The largest absolute Gasteiger partial charge is 0.348 e. The van der Waals surface area contributed by atoms with E-state index in [1.54, 1.807) is 6.33 Å². The summed E-state index contributed by atoms with van der Waals surface area (Å²) >= 11 is 0. The molecule has 0 radical (unpaired) electrons. The Balaban J connectivity index is 1.78. The van der Waals surface area contributed by atoms with E-state index in [1.165, 1.54) is 0 Å². The van der Waals surface area contributed by atoms with Crippen molar-refractivity contribution in [2.75, 3.05) is 24.6 Å².